The van der Waals surface area contributed by atoms with Crippen LogP contribution >= 0.6 is 11.8 Å². The van der Waals surface area contributed by atoms with Gasteiger partial charge in [0, 0.05) is 23.2 Å². The van der Waals surface area contributed by atoms with Gasteiger partial charge in [0.25, 0.3) is 5.78 Å². The molecule has 0 N–H and O–H groups in total. The first-order valence-electron chi connectivity index (χ1n) is 11.8. The van der Waals surface area contributed by atoms with Crippen molar-refractivity contribution in [2.24, 2.45) is 23.2 Å². The molecule has 0 spiro atoms. The molecule has 2 heterocycles. The molecule has 0 aliphatic heterocycles. The molecule has 32 heavy (non-hydrogen) atoms. The number of aromatic nitrogens is 4. The number of Topliss-reactive ketones (excluding diaryl/α,β-unsaturated/α-hetero) is 1. The number of nitrogens with zero attached hydrogens (tertiary/aromatic N) is 4. The van der Waals surface area contributed by atoms with Gasteiger partial charge >= 0.3 is 5.97 Å². The molecule has 172 valence electrons. The first kappa shape index (κ1) is 21.9. The molecule has 4 aliphatic carbocycles. The van der Waals surface area contributed by atoms with Crippen LogP contribution < -0.4 is 0 Å². The van der Waals surface area contributed by atoms with Crippen LogP contribution in [0.1, 0.15) is 68.8 Å². The van der Waals surface area contributed by atoms with Gasteiger partial charge in [-0.25, -0.2) is 9.50 Å². The van der Waals surface area contributed by atoms with Crippen molar-refractivity contribution in [1.29, 1.82) is 0 Å². The van der Waals surface area contributed by atoms with Crippen LogP contribution in [0, 0.1) is 37.0 Å². The highest BCUT2D eigenvalue weighted by Crippen LogP contribution is 2.60. The maximum atomic E-state index is 13.4. The monoisotopic (exact) mass is 456 g/mol. The highest BCUT2D eigenvalue weighted by atomic mass is 32.2. The minimum absolute atomic E-state index is 0.160. The van der Waals surface area contributed by atoms with Crippen molar-refractivity contribution in [2.45, 2.75) is 83.4 Å². The zero-order valence-corrected chi connectivity index (χ0v) is 20.2. The third kappa shape index (κ3) is 3.74. The standard InChI is InChI=1S/C24H32N4O3S/c1-13-19(14(2)28-22(25-13)26-23(27-28)32-4)5-6-20(29)31-15(3)21(30)24-10-16-7-17(11-24)9-18(8-16)12-24/h15-18H,5-12H2,1-4H3/t15-,16?,17?,18?,24?/m1/s1. The fraction of sp³-hybridized carbons (Fsp3) is 0.708. The van der Waals surface area contributed by atoms with E-state index in [4.69, 9.17) is 4.74 Å². The van der Waals surface area contributed by atoms with E-state index >= 15 is 0 Å². The van der Waals surface area contributed by atoms with Gasteiger partial charge in [-0.1, -0.05) is 11.8 Å². The molecule has 4 saturated carbocycles. The third-order valence-electron chi connectivity index (χ3n) is 8.03. The smallest absolute Gasteiger partial charge is 0.306 e. The maximum Gasteiger partial charge on any atom is 0.306 e. The van der Waals surface area contributed by atoms with E-state index in [2.05, 4.69) is 15.1 Å². The molecule has 6 rings (SSSR count). The number of carbonyl (C=O) groups excluding carboxylic acids is 2. The lowest BCUT2D eigenvalue weighted by molar-refractivity contribution is -0.165. The molecule has 4 fully saturated rings. The Bertz CT molecular complexity index is 1040. The fourth-order valence-electron chi connectivity index (χ4n) is 7.02. The van der Waals surface area contributed by atoms with Crippen molar-refractivity contribution in [3.8, 4) is 0 Å². The molecule has 0 saturated heterocycles. The highest BCUT2D eigenvalue weighted by molar-refractivity contribution is 7.98. The SMILES string of the molecule is CSc1nc2nc(C)c(CCC(=O)O[C@H](C)C(=O)C34CC5CC(CC(C5)C3)C4)c(C)n2n1. The number of rotatable bonds is 7. The molecule has 0 unspecified atom stereocenters. The predicted octanol–water partition coefficient (Wildman–Crippen LogP) is 4.11. The summed E-state index contributed by atoms with van der Waals surface area (Å²) < 4.78 is 7.40. The van der Waals surface area contributed by atoms with Crippen LogP contribution in [0.15, 0.2) is 5.16 Å². The van der Waals surface area contributed by atoms with Gasteiger partial charge < -0.3 is 4.74 Å². The topological polar surface area (TPSA) is 86.5 Å². The zero-order chi connectivity index (χ0) is 22.6. The summed E-state index contributed by atoms with van der Waals surface area (Å²) in [6.07, 6.45) is 8.87. The number of hydrogen-bond donors (Lipinski definition) is 0. The Morgan fingerprint density at radius 1 is 1.12 bits per heavy atom. The first-order valence-corrected chi connectivity index (χ1v) is 13.0. The van der Waals surface area contributed by atoms with Crippen LogP contribution in [0.5, 0.6) is 0 Å². The summed E-state index contributed by atoms with van der Waals surface area (Å²) in [4.78, 5) is 35.0. The van der Waals surface area contributed by atoms with Crippen molar-refractivity contribution in [2.75, 3.05) is 6.26 Å². The number of fused-ring (bicyclic) bond motifs is 1. The van der Waals surface area contributed by atoms with Crippen molar-refractivity contribution in [3.05, 3.63) is 17.0 Å². The molecule has 0 aromatic carbocycles. The van der Waals surface area contributed by atoms with Gasteiger partial charge in [-0.3, -0.25) is 9.59 Å². The quantitative estimate of drug-likeness (QED) is 0.458. The van der Waals surface area contributed by atoms with Gasteiger partial charge in [0.15, 0.2) is 11.9 Å². The second-order valence-electron chi connectivity index (χ2n) is 10.3. The highest BCUT2D eigenvalue weighted by Gasteiger charge is 2.55. The molecule has 8 heteroatoms. The molecule has 4 bridgehead atoms. The van der Waals surface area contributed by atoms with E-state index in [9.17, 15) is 9.59 Å². The lowest BCUT2D eigenvalue weighted by Gasteiger charge is -2.56. The van der Waals surface area contributed by atoms with Crippen LogP contribution in [0.25, 0.3) is 5.78 Å². The average molecular weight is 457 g/mol. The van der Waals surface area contributed by atoms with Crippen LogP contribution in [-0.4, -0.2) is 43.7 Å². The summed E-state index contributed by atoms with van der Waals surface area (Å²) >= 11 is 1.47. The molecule has 2 aromatic heterocycles. The molecule has 1 atom stereocenters. The first-order chi connectivity index (χ1) is 15.3. The number of aryl methyl sites for hydroxylation is 2. The Morgan fingerprint density at radius 2 is 1.75 bits per heavy atom. The number of esters is 1. The van der Waals surface area contributed by atoms with E-state index in [0.717, 1.165) is 36.2 Å². The lowest BCUT2D eigenvalue weighted by atomic mass is 9.48. The Kier molecular flexibility index (Phi) is 5.55. The van der Waals surface area contributed by atoms with E-state index in [1.807, 2.05) is 20.1 Å². The Hall–Kier alpha value is -1.96. The molecular weight excluding hydrogens is 424 g/mol. The van der Waals surface area contributed by atoms with Gasteiger partial charge in [-0.2, -0.15) is 4.98 Å². The molecule has 7 nitrogen and oxygen atoms in total. The lowest BCUT2D eigenvalue weighted by Crippen LogP contribution is -2.52. The van der Waals surface area contributed by atoms with Crippen LogP contribution in [-0.2, 0) is 20.7 Å². The van der Waals surface area contributed by atoms with Gasteiger partial charge in [-0.05, 0) is 95.3 Å². The van der Waals surface area contributed by atoms with E-state index < -0.39 is 6.10 Å². The van der Waals surface area contributed by atoms with E-state index in [1.165, 1.54) is 31.0 Å². The Balaban J connectivity index is 1.23. The summed E-state index contributed by atoms with van der Waals surface area (Å²) in [5.74, 6) is 2.51. The summed E-state index contributed by atoms with van der Waals surface area (Å²) in [6, 6.07) is 0. The second kappa shape index (κ2) is 8.12. The second-order valence-corrected chi connectivity index (χ2v) is 11.0. The van der Waals surface area contributed by atoms with E-state index in [0.29, 0.717) is 35.1 Å². The largest absolute Gasteiger partial charge is 0.455 e. The van der Waals surface area contributed by atoms with E-state index in [1.54, 1.807) is 11.4 Å². The Labute approximate surface area is 193 Å². The molecule has 2 aromatic rings. The summed E-state index contributed by atoms with van der Waals surface area (Å²) in [5.41, 5.74) is 2.52. The minimum atomic E-state index is -0.666. The summed E-state index contributed by atoms with van der Waals surface area (Å²) in [7, 11) is 0. The summed E-state index contributed by atoms with van der Waals surface area (Å²) in [6.45, 7) is 5.67. The van der Waals surface area contributed by atoms with Crippen LogP contribution in [0.4, 0.5) is 0 Å². The van der Waals surface area contributed by atoms with E-state index in [-0.39, 0.29) is 23.6 Å². The van der Waals surface area contributed by atoms with Gasteiger partial charge in [-0.15, -0.1) is 5.10 Å². The molecule has 0 amide bonds. The molecular formula is C24H32N4O3S. The average Bonchev–Trinajstić information content (AvgIpc) is 3.15. The molecule has 0 radical (unpaired) electrons. The van der Waals surface area contributed by atoms with Crippen molar-refractivity contribution < 1.29 is 14.3 Å². The number of carbonyl (C=O) groups is 2. The third-order valence-corrected chi connectivity index (χ3v) is 8.57. The van der Waals surface area contributed by atoms with Crippen molar-refractivity contribution in [3.63, 3.8) is 0 Å². The van der Waals surface area contributed by atoms with Crippen molar-refractivity contribution >= 4 is 29.3 Å². The normalized spacial score (nSPS) is 29.4. The number of ketones is 1. The number of thioether (sulfide) groups is 1. The fourth-order valence-corrected chi connectivity index (χ4v) is 7.35. The predicted molar refractivity (Wildman–Crippen MR) is 122 cm³/mol. The Morgan fingerprint density at radius 3 is 2.34 bits per heavy atom. The van der Waals surface area contributed by atoms with Crippen LogP contribution in [0.3, 0.4) is 0 Å². The summed E-state index contributed by atoms with van der Waals surface area (Å²) in [5, 5.41) is 5.14. The number of hydrogen-bond acceptors (Lipinski definition) is 7. The van der Waals surface area contributed by atoms with Crippen LogP contribution in [0.2, 0.25) is 0 Å². The maximum absolute atomic E-state index is 13.4. The van der Waals surface area contributed by atoms with Gasteiger partial charge in [0.1, 0.15) is 0 Å². The van der Waals surface area contributed by atoms with Gasteiger partial charge in [0.05, 0.1) is 0 Å². The zero-order valence-electron chi connectivity index (χ0n) is 19.4. The minimum Gasteiger partial charge on any atom is -0.455 e. The molecule has 4 aliphatic rings. The van der Waals surface area contributed by atoms with Crippen molar-refractivity contribution in [1.82, 2.24) is 19.6 Å². The number of ether oxygens (including phenoxy) is 1. The van der Waals surface area contributed by atoms with Gasteiger partial charge in [0.2, 0.25) is 5.16 Å².